The summed E-state index contributed by atoms with van der Waals surface area (Å²) in [6.07, 6.45) is 0.248. The number of likely N-dealkylation sites (tertiary alicyclic amines) is 1. The normalized spacial score (nSPS) is 38.8. The van der Waals surface area contributed by atoms with Gasteiger partial charge in [0.1, 0.15) is 17.1 Å². The Morgan fingerprint density at radius 2 is 2.06 bits per heavy atom. The molecule has 2 heterocycles. The lowest BCUT2D eigenvalue weighted by Crippen LogP contribution is -2.67. The second-order valence-corrected chi connectivity index (χ2v) is 12.2. The van der Waals surface area contributed by atoms with Crippen LogP contribution in [0, 0.1) is 0 Å². The van der Waals surface area contributed by atoms with Crippen LogP contribution in [0.25, 0.3) is 0 Å². The number of aliphatic hydroxyl groups is 1. The van der Waals surface area contributed by atoms with Crippen LogP contribution in [0.5, 0.6) is 11.5 Å². The zero-order valence-electron chi connectivity index (χ0n) is 19.1. The molecule has 4 aliphatic rings. The molecule has 2 aliphatic heterocycles. The second kappa shape index (κ2) is 6.56. The minimum absolute atomic E-state index is 0.0437. The van der Waals surface area contributed by atoms with E-state index in [9.17, 15) is 19.4 Å². The molecule has 3 unspecified atom stereocenters. The van der Waals surface area contributed by atoms with Crippen molar-refractivity contribution in [1.82, 2.24) is 0 Å². The van der Waals surface area contributed by atoms with Crippen molar-refractivity contribution >= 4 is 13.6 Å². The van der Waals surface area contributed by atoms with E-state index in [0.29, 0.717) is 30.9 Å². The van der Waals surface area contributed by atoms with Gasteiger partial charge in [-0.15, -0.1) is 0 Å². The van der Waals surface area contributed by atoms with Crippen molar-refractivity contribution in [3.05, 3.63) is 23.3 Å². The molecule has 2 N–H and O–H groups in total. The van der Waals surface area contributed by atoms with E-state index in [4.69, 9.17) is 18.5 Å². The highest BCUT2D eigenvalue weighted by Gasteiger charge is 2.81. The lowest BCUT2D eigenvalue weighted by molar-refractivity contribution is -0.940. The maximum Gasteiger partial charge on any atom is 0.477 e. The van der Waals surface area contributed by atoms with Gasteiger partial charge in [-0.1, -0.05) is 6.07 Å². The number of carbonyl (C=O) groups is 1. The smallest absolute Gasteiger partial charge is 0.477 e. The van der Waals surface area contributed by atoms with E-state index in [1.807, 2.05) is 19.2 Å². The molecule has 1 aromatic carbocycles. The lowest BCUT2D eigenvalue weighted by Gasteiger charge is -2.48. The van der Waals surface area contributed by atoms with Crippen LogP contribution in [-0.4, -0.2) is 71.0 Å². The predicted molar refractivity (Wildman–Crippen MR) is 113 cm³/mol. The number of hydrogen-bond donors (Lipinski definition) is 2. The third kappa shape index (κ3) is 2.82. The van der Waals surface area contributed by atoms with Crippen molar-refractivity contribution in [3.63, 3.8) is 0 Å². The quantitative estimate of drug-likeness (QED) is 0.499. The molecule has 32 heavy (non-hydrogen) atoms. The van der Waals surface area contributed by atoms with E-state index in [1.54, 1.807) is 27.9 Å². The topological polar surface area (TPSA) is 112 Å². The number of rotatable bonds is 5. The molecule has 2 fully saturated rings. The van der Waals surface area contributed by atoms with E-state index in [2.05, 4.69) is 0 Å². The van der Waals surface area contributed by atoms with Crippen LogP contribution in [0.3, 0.4) is 0 Å². The third-order valence-corrected chi connectivity index (χ3v) is 8.83. The van der Waals surface area contributed by atoms with Gasteiger partial charge in [0.05, 0.1) is 26.3 Å². The highest BCUT2D eigenvalue weighted by Crippen LogP contribution is 2.66. The largest absolute Gasteiger partial charge is 0.493 e. The Hall–Kier alpha value is -1.48. The number of phosphoric ester groups is 1. The first kappa shape index (κ1) is 22.3. The first-order valence-electron chi connectivity index (χ1n) is 10.9. The maximum absolute atomic E-state index is 13.0. The Morgan fingerprint density at radius 3 is 2.72 bits per heavy atom. The van der Waals surface area contributed by atoms with E-state index >= 15 is 0 Å². The number of phosphoric acid groups is 1. The Balaban J connectivity index is 1.58. The van der Waals surface area contributed by atoms with Crippen LogP contribution in [0.15, 0.2) is 12.1 Å². The van der Waals surface area contributed by atoms with Crippen LogP contribution in [0.4, 0.5) is 0 Å². The zero-order chi connectivity index (χ0) is 23.3. The number of methoxy groups -OCH3 is 1. The van der Waals surface area contributed by atoms with Gasteiger partial charge in [-0.25, -0.2) is 9.09 Å². The first-order valence-corrected chi connectivity index (χ1v) is 12.4. The predicted octanol–water partition coefficient (Wildman–Crippen LogP) is 2.06. The van der Waals surface area contributed by atoms with Crippen LogP contribution < -0.4 is 9.47 Å². The molecule has 2 bridgehead atoms. The Kier molecular flexibility index (Phi) is 4.57. The number of Topliss-reactive ketones (excluding diaryl/α,β-unsaturated/α-hetero) is 1. The number of benzene rings is 1. The molecule has 0 amide bonds. The van der Waals surface area contributed by atoms with Gasteiger partial charge in [-0.2, -0.15) is 0 Å². The number of ether oxygens (including phenoxy) is 2. The van der Waals surface area contributed by atoms with Gasteiger partial charge in [0.25, 0.3) is 0 Å². The number of quaternary nitrogens is 1. The summed E-state index contributed by atoms with van der Waals surface area (Å²) in [5, 5.41) is 12.2. The number of likely N-dealkylation sites (N-methyl/N-ethyl adjacent to an activating group) is 1. The average molecular weight is 468 g/mol. The highest BCUT2D eigenvalue weighted by atomic mass is 31.2. The SMILES string of the molecule is COc1ccc2c3c1OC1C(=O)CC[C@@]4(O)[C@H](C2)[N+](C)(COP(=O)(O)OC(C)(C)C)C[C@]314. The van der Waals surface area contributed by atoms with E-state index in [-0.39, 0.29) is 29.5 Å². The summed E-state index contributed by atoms with van der Waals surface area (Å²) >= 11 is 0. The van der Waals surface area contributed by atoms with Gasteiger partial charge in [0.2, 0.25) is 0 Å². The summed E-state index contributed by atoms with van der Waals surface area (Å²) in [5.74, 6) is 1.02. The maximum atomic E-state index is 13.0. The van der Waals surface area contributed by atoms with Gasteiger partial charge in [-0.05, 0) is 38.8 Å². The second-order valence-electron chi connectivity index (χ2n) is 10.8. The molecular weight excluding hydrogens is 437 g/mol. The Bertz CT molecular complexity index is 1050. The summed E-state index contributed by atoms with van der Waals surface area (Å²) < 4.78 is 35.2. The zero-order valence-corrected chi connectivity index (χ0v) is 20.0. The Morgan fingerprint density at radius 1 is 1.34 bits per heavy atom. The molecule has 1 saturated carbocycles. The van der Waals surface area contributed by atoms with E-state index < -0.39 is 30.5 Å². The average Bonchev–Trinajstić information content (AvgIpc) is 3.07. The van der Waals surface area contributed by atoms with Crippen molar-refractivity contribution in [1.29, 1.82) is 0 Å². The number of hydrogen-bond acceptors (Lipinski definition) is 7. The van der Waals surface area contributed by atoms with Crippen LogP contribution in [0.1, 0.15) is 44.7 Å². The molecule has 1 aromatic rings. The summed E-state index contributed by atoms with van der Waals surface area (Å²) in [6.45, 7) is 5.23. The van der Waals surface area contributed by atoms with Crippen molar-refractivity contribution < 1.29 is 42.4 Å². The molecule has 9 nitrogen and oxygen atoms in total. The summed E-state index contributed by atoms with van der Waals surface area (Å²) in [4.78, 5) is 23.3. The molecule has 176 valence electrons. The number of carbonyl (C=O) groups excluding carboxylic acids is 1. The van der Waals surface area contributed by atoms with Crippen molar-refractivity contribution in [3.8, 4) is 11.5 Å². The van der Waals surface area contributed by atoms with Gasteiger partial charge in [0, 0.05) is 18.4 Å². The summed E-state index contributed by atoms with van der Waals surface area (Å²) in [6, 6.07) is 3.46. The summed E-state index contributed by atoms with van der Waals surface area (Å²) in [5.41, 5.74) is -1.17. The minimum atomic E-state index is -4.33. The van der Waals surface area contributed by atoms with Crippen molar-refractivity contribution in [2.75, 3.05) is 27.4 Å². The van der Waals surface area contributed by atoms with E-state index in [0.717, 1.165) is 11.1 Å². The molecule has 1 spiro atoms. The monoisotopic (exact) mass is 468 g/mol. The van der Waals surface area contributed by atoms with Crippen LogP contribution in [0.2, 0.25) is 0 Å². The molecule has 2 aliphatic carbocycles. The molecule has 1 saturated heterocycles. The molecule has 10 heteroatoms. The molecule has 0 aromatic heterocycles. The Labute approximate surface area is 187 Å². The first-order chi connectivity index (χ1) is 14.8. The van der Waals surface area contributed by atoms with Crippen molar-refractivity contribution in [2.24, 2.45) is 0 Å². The van der Waals surface area contributed by atoms with Crippen molar-refractivity contribution in [2.45, 2.75) is 68.8 Å². The lowest BCUT2D eigenvalue weighted by atomic mass is 9.54. The molecular formula is C22H31NO8P+. The minimum Gasteiger partial charge on any atom is -0.493 e. The molecule has 0 radical (unpaired) electrons. The standard InChI is InChI=1S/C22H30NO8P/c1-20(2,3)31-32(26,27)29-12-23(4)11-21-17-13-6-7-15(28-5)18(17)30-19(21)14(24)8-9-22(21,25)16(23)10-13/h6-7,16,19,25H,8-12H2,1-5H3/p+1/t16-,19?,21-,22+,23?/m0/s1. The van der Waals surface area contributed by atoms with Crippen LogP contribution in [-0.2, 0) is 30.2 Å². The fourth-order valence-corrected chi connectivity index (χ4v) is 7.77. The van der Waals surface area contributed by atoms with Gasteiger partial charge in [-0.3, -0.25) is 13.8 Å². The number of nitrogens with zero attached hydrogens (tertiary/aromatic N) is 1. The third-order valence-electron chi connectivity index (χ3n) is 7.61. The molecule has 5 rings (SSSR count). The fourth-order valence-electron chi connectivity index (χ4n) is 6.61. The summed E-state index contributed by atoms with van der Waals surface area (Å²) in [7, 11) is -0.875. The number of ketones is 1. The van der Waals surface area contributed by atoms with Gasteiger partial charge < -0.3 is 19.5 Å². The molecule has 6 atom stereocenters. The fraction of sp³-hybridized carbons (Fsp3) is 0.682. The van der Waals surface area contributed by atoms with Gasteiger partial charge in [0.15, 0.2) is 30.1 Å². The highest BCUT2D eigenvalue weighted by molar-refractivity contribution is 7.47. The van der Waals surface area contributed by atoms with E-state index in [1.165, 1.54) is 0 Å². The van der Waals surface area contributed by atoms with Gasteiger partial charge >= 0.3 is 7.82 Å². The van der Waals surface area contributed by atoms with Crippen LogP contribution >= 0.6 is 7.82 Å².